The standard InChI is InChI=1S/C31H34FNO4/c1-30(2,3)25-11-8-21(9-12-25)18-31(4)19-24-17-23(10-13-27(24)37-31)29(36)33(15-14-28(34)35)20-22-6-5-7-26(32)16-22/h5-13,16-17H,14-15,18-20H2,1-4H3,(H,34,35). The highest BCUT2D eigenvalue weighted by Crippen LogP contribution is 2.38. The number of carbonyl (C=O) groups excluding carboxylic acids is 1. The fourth-order valence-electron chi connectivity index (χ4n) is 4.83. The largest absolute Gasteiger partial charge is 0.487 e. The average Bonchev–Trinajstić information content (AvgIpc) is 3.15. The average molecular weight is 504 g/mol. The van der Waals surface area contributed by atoms with Crippen LogP contribution in [0, 0.1) is 5.82 Å². The van der Waals surface area contributed by atoms with Crippen LogP contribution in [0.2, 0.25) is 0 Å². The molecule has 0 saturated carbocycles. The Morgan fingerprint density at radius 1 is 1.03 bits per heavy atom. The van der Waals surface area contributed by atoms with Gasteiger partial charge in [-0.1, -0.05) is 57.2 Å². The zero-order valence-electron chi connectivity index (χ0n) is 21.9. The van der Waals surface area contributed by atoms with E-state index in [-0.39, 0.29) is 30.8 Å². The van der Waals surface area contributed by atoms with Gasteiger partial charge in [0.05, 0.1) is 6.42 Å². The molecule has 3 aromatic carbocycles. The molecular weight excluding hydrogens is 469 g/mol. The lowest BCUT2D eigenvalue weighted by Gasteiger charge is -2.25. The zero-order valence-corrected chi connectivity index (χ0v) is 21.9. The summed E-state index contributed by atoms with van der Waals surface area (Å²) in [5.41, 5.74) is 4.15. The van der Waals surface area contributed by atoms with Gasteiger partial charge in [-0.15, -0.1) is 0 Å². The van der Waals surface area contributed by atoms with Crippen molar-refractivity contribution in [2.24, 2.45) is 0 Å². The lowest BCUT2D eigenvalue weighted by atomic mass is 9.85. The molecule has 0 bridgehead atoms. The summed E-state index contributed by atoms with van der Waals surface area (Å²) in [7, 11) is 0. The molecule has 3 aromatic rings. The Labute approximate surface area is 217 Å². The molecule has 0 aliphatic carbocycles. The number of aliphatic carboxylic acids is 1. The molecule has 1 amide bonds. The molecule has 37 heavy (non-hydrogen) atoms. The van der Waals surface area contributed by atoms with Gasteiger partial charge in [0.2, 0.25) is 0 Å². The van der Waals surface area contributed by atoms with Crippen molar-refractivity contribution in [3.63, 3.8) is 0 Å². The summed E-state index contributed by atoms with van der Waals surface area (Å²) in [6.07, 6.45) is 1.20. The number of carboxylic acids is 1. The molecule has 4 rings (SSSR count). The highest BCUT2D eigenvalue weighted by atomic mass is 19.1. The van der Waals surface area contributed by atoms with E-state index in [0.29, 0.717) is 17.5 Å². The minimum atomic E-state index is -0.995. The van der Waals surface area contributed by atoms with Crippen molar-refractivity contribution in [1.29, 1.82) is 0 Å². The van der Waals surface area contributed by atoms with Gasteiger partial charge in [0.1, 0.15) is 17.2 Å². The fourth-order valence-corrected chi connectivity index (χ4v) is 4.83. The summed E-state index contributed by atoms with van der Waals surface area (Å²) in [6.45, 7) is 8.81. The highest BCUT2D eigenvalue weighted by Gasteiger charge is 2.35. The Bertz CT molecular complexity index is 1300. The van der Waals surface area contributed by atoms with Crippen LogP contribution >= 0.6 is 0 Å². The van der Waals surface area contributed by atoms with Crippen LogP contribution in [0.3, 0.4) is 0 Å². The summed E-state index contributed by atoms with van der Waals surface area (Å²) >= 11 is 0. The highest BCUT2D eigenvalue weighted by molar-refractivity contribution is 5.95. The van der Waals surface area contributed by atoms with Crippen LogP contribution in [0.15, 0.2) is 66.7 Å². The third kappa shape index (κ3) is 6.56. The lowest BCUT2D eigenvalue weighted by Crippen LogP contribution is -2.33. The second-order valence-electron chi connectivity index (χ2n) is 11.2. The third-order valence-corrected chi connectivity index (χ3v) is 6.77. The second-order valence-corrected chi connectivity index (χ2v) is 11.2. The first-order chi connectivity index (χ1) is 17.4. The van der Waals surface area contributed by atoms with Gasteiger partial charge in [-0.05, 0) is 64.9 Å². The van der Waals surface area contributed by atoms with Gasteiger partial charge in [0.15, 0.2) is 0 Å². The van der Waals surface area contributed by atoms with Gasteiger partial charge in [-0.3, -0.25) is 9.59 Å². The van der Waals surface area contributed by atoms with Crippen molar-refractivity contribution in [1.82, 2.24) is 4.90 Å². The van der Waals surface area contributed by atoms with Crippen LogP contribution in [-0.4, -0.2) is 34.0 Å². The summed E-state index contributed by atoms with van der Waals surface area (Å²) < 4.78 is 20.0. The molecule has 0 aromatic heterocycles. The summed E-state index contributed by atoms with van der Waals surface area (Å²) in [5, 5.41) is 9.17. The molecule has 6 heteroatoms. The van der Waals surface area contributed by atoms with E-state index >= 15 is 0 Å². The Morgan fingerprint density at radius 2 is 1.76 bits per heavy atom. The summed E-state index contributed by atoms with van der Waals surface area (Å²) in [5.74, 6) is -0.928. The van der Waals surface area contributed by atoms with Crippen molar-refractivity contribution in [2.75, 3.05) is 6.54 Å². The van der Waals surface area contributed by atoms with Crippen molar-refractivity contribution in [3.8, 4) is 5.75 Å². The molecule has 1 atom stereocenters. The molecule has 0 spiro atoms. The van der Waals surface area contributed by atoms with Crippen molar-refractivity contribution in [2.45, 2.75) is 64.5 Å². The van der Waals surface area contributed by atoms with E-state index in [0.717, 1.165) is 17.7 Å². The Kier molecular flexibility index (Phi) is 7.39. The number of ether oxygens (including phenoxy) is 1. The van der Waals surface area contributed by atoms with Gasteiger partial charge in [0, 0.05) is 31.5 Å². The van der Waals surface area contributed by atoms with E-state index in [4.69, 9.17) is 4.74 Å². The number of carbonyl (C=O) groups is 2. The number of amides is 1. The third-order valence-electron chi connectivity index (χ3n) is 6.77. The van der Waals surface area contributed by atoms with E-state index in [1.54, 1.807) is 18.2 Å². The maximum atomic E-state index is 13.7. The SMILES string of the molecule is CC1(Cc2ccc(C(C)(C)C)cc2)Cc2cc(C(=O)N(CCC(=O)O)Cc3cccc(F)c3)ccc2O1. The number of halogens is 1. The molecule has 0 radical (unpaired) electrons. The number of rotatable bonds is 8. The summed E-state index contributed by atoms with van der Waals surface area (Å²) in [6, 6.07) is 20.0. The molecule has 194 valence electrons. The van der Waals surface area contributed by atoms with E-state index in [1.807, 2.05) is 12.1 Å². The van der Waals surface area contributed by atoms with E-state index in [1.165, 1.54) is 28.2 Å². The van der Waals surface area contributed by atoms with Crippen LogP contribution < -0.4 is 4.74 Å². The molecular formula is C31H34FNO4. The van der Waals surface area contributed by atoms with E-state index < -0.39 is 17.4 Å². The maximum absolute atomic E-state index is 13.7. The minimum absolute atomic E-state index is 0.0283. The maximum Gasteiger partial charge on any atom is 0.305 e. The van der Waals surface area contributed by atoms with Gasteiger partial charge in [-0.25, -0.2) is 4.39 Å². The zero-order chi connectivity index (χ0) is 26.8. The van der Waals surface area contributed by atoms with Crippen molar-refractivity contribution >= 4 is 11.9 Å². The normalized spacial score (nSPS) is 16.7. The molecule has 0 saturated heterocycles. The Balaban J connectivity index is 1.50. The molecule has 1 aliphatic heterocycles. The number of carboxylic acid groups (broad SMARTS) is 1. The molecule has 1 N–H and O–H groups in total. The minimum Gasteiger partial charge on any atom is -0.487 e. The first-order valence-corrected chi connectivity index (χ1v) is 12.6. The molecule has 1 unspecified atom stereocenters. The molecule has 0 fully saturated rings. The van der Waals surface area contributed by atoms with Gasteiger partial charge in [0.25, 0.3) is 5.91 Å². The van der Waals surface area contributed by atoms with Crippen LogP contribution in [0.1, 0.15) is 66.7 Å². The van der Waals surface area contributed by atoms with Gasteiger partial charge in [-0.2, -0.15) is 0 Å². The van der Waals surface area contributed by atoms with Crippen LogP contribution in [-0.2, 0) is 29.6 Å². The Morgan fingerprint density at radius 3 is 2.41 bits per heavy atom. The first kappa shape index (κ1) is 26.4. The topological polar surface area (TPSA) is 66.8 Å². The van der Waals surface area contributed by atoms with E-state index in [9.17, 15) is 19.1 Å². The van der Waals surface area contributed by atoms with E-state index in [2.05, 4.69) is 52.0 Å². The van der Waals surface area contributed by atoms with Crippen molar-refractivity contribution in [3.05, 3.63) is 100 Å². The quantitative estimate of drug-likeness (QED) is 0.399. The van der Waals surface area contributed by atoms with Crippen LogP contribution in [0.5, 0.6) is 5.75 Å². The Hall–Kier alpha value is -3.67. The smallest absolute Gasteiger partial charge is 0.305 e. The summed E-state index contributed by atoms with van der Waals surface area (Å²) in [4.78, 5) is 26.1. The predicted molar refractivity (Wildman–Crippen MR) is 141 cm³/mol. The number of benzene rings is 3. The fraction of sp³-hybridized carbons (Fsp3) is 0.355. The number of nitrogens with zero attached hydrogens (tertiary/aromatic N) is 1. The predicted octanol–water partition coefficient (Wildman–Crippen LogP) is 6.18. The molecule has 1 heterocycles. The second kappa shape index (κ2) is 10.4. The van der Waals surface area contributed by atoms with Gasteiger partial charge >= 0.3 is 5.97 Å². The molecule has 1 aliphatic rings. The lowest BCUT2D eigenvalue weighted by molar-refractivity contribution is -0.137. The monoisotopic (exact) mass is 503 g/mol. The van der Waals surface area contributed by atoms with Gasteiger partial charge < -0.3 is 14.7 Å². The number of fused-ring (bicyclic) bond motifs is 1. The van der Waals surface area contributed by atoms with Crippen LogP contribution in [0.4, 0.5) is 4.39 Å². The number of hydrogen-bond donors (Lipinski definition) is 1. The van der Waals surface area contributed by atoms with Crippen LogP contribution in [0.25, 0.3) is 0 Å². The first-order valence-electron chi connectivity index (χ1n) is 12.6. The molecule has 5 nitrogen and oxygen atoms in total. The van der Waals surface area contributed by atoms with Crippen molar-refractivity contribution < 1.29 is 23.8 Å². The number of hydrogen-bond acceptors (Lipinski definition) is 3.